The fourth-order valence-electron chi connectivity index (χ4n) is 1.14. The fourth-order valence-corrected chi connectivity index (χ4v) is 2.13. The lowest BCUT2D eigenvalue weighted by atomic mass is 10.2. The largest absolute Gasteiger partial charge is 0.460 e. The van der Waals surface area contributed by atoms with Crippen LogP contribution >= 0.6 is 27.3 Å². The Hall–Kier alpha value is -1.14. The van der Waals surface area contributed by atoms with Crippen molar-refractivity contribution in [3.8, 4) is 0 Å². The van der Waals surface area contributed by atoms with Crippen LogP contribution in [0, 0.1) is 0 Å². The van der Waals surface area contributed by atoms with Gasteiger partial charge >= 0.3 is 0 Å². The Kier molecular flexibility index (Phi) is 2.88. The van der Waals surface area contributed by atoms with E-state index >= 15 is 0 Å². The van der Waals surface area contributed by atoms with E-state index in [-0.39, 0.29) is 12.2 Å². The number of nitrogen functional groups attached to an aromatic ring is 1. The zero-order valence-electron chi connectivity index (χ0n) is 7.57. The molecule has 0 amide bonds. The van der Waals surface area contributed by atoms with Crippen molar-refractivity contribution < 1.29 is 9.21 Å². The minimum absolute atomic E-state index is 0.114. The van der Waals surface area contributed by atoms with Gasteiger partial charge in [-0.3, -0.25) is 4.79 Å². The molecule has 0 fully saturated rings. The highest BCUT2D eigenvalue weighted by Gasteiger charge is 2.15. The molecule has 6 heteroatoms. The number of carbonyl (C=O) groups is 1. The second kappa shape index (κ2) is 4.16. The number of ketones is 1. The molecule has 2 aromatic rings. The van der Waals surface area contributed by atoms with Gasteiger partial charge in [-0.1, -0.05) is 0 Å². The number of aromatic nitrogens is 1. The number of nitrogens with zero attached hydrogens (tertiary/aromatic N) is 1. The number of furan rings is 1. The van der Waals surface area contributed by atoms with Crippen molar-refractivity contribution >= 4 is 38.2 Å². The molecule has 0 unspecified atom stereocenters. The molecule has 0 bridgehead atoms. The van der Waals surface area contributed by atoms with Crippen LogP contribution in [0.3, 0.4) is 0 Å². The summed E-state index contributed by atoms with van der Waals surface area (Å²) >= 11 is 4.55. The van der Waals surface area contributed by atoms with Crippen molar-refractivity contribution in [2.24, 2.45) is 0 Å². The van der Waals surface area contributed by atoms with E-state index in [1.807, 2.05) is 0 Å². The van der Waals surface area contributed by atoms with Gasteiger partial charge in [0.2, 0.25) is 5.78 Å². The van der Waals surface area contributed by atoms with E-state index in [1.54, 1.807) is 11.4 Å². The first-order valence-electron chi connectivity index (χ1n) is 4.13. The predicted octanol–water partition coefficient (Wildman–Crippen LogP) is 2.51. The topological polar surface area (TPSA) is 69.1 Å². The molecule has 2 heterocycles. The number of anilines is 1. The number of thiazole rings is 1. The van der Waals surface area contributed by atoms with Crippen molar-refractivity contribution in [3.63, 3.8) is 0 Å². The first-order valence-corrected chi connectivity index (χ1v) is 5.80. The molecule has 2 N–H and O–H groups in total. The molecule has 0 atom stereocenters. The smallest absolute Gasteiger partial charge is 0.205 e. The van der Waals surface area contributed by atoms with Gasteiger partial charge in [-0.25, -0.2) is 4.98 Å². The lowest BCUT2D eigenvalue weighted by molar-refractivity contribution is 0.0964. The molecule has 0 aliphatic rings. The van der Waals surface area contributed by atoms with E-state index in [4.69, 9.17) is 10.2 Å². The van der Waals surface area contributed by atoms with Gasteiger partial charge in [-0.2, -0.15) is 0 Å². The highest BCUT2D eigenvalue weighted by atomic mass is 79.9. The summed E-state index contributed by atoms with van der Waals surface area (Å²) in [5.74, 6) is 0.207. The van der Waals surface area contributed by atoms with Gasteiger partial charge < -0.3 is 10.2 Å². The van der Waals surface area contributed by atoms with Crippen molar-refractivity contribution in [2.45, 2.75) is 6.42 Å². The summed E-state index contributed by atoms with van der Waals surface area (Å²) < 4.78 is 5.72. The molecule has 4 nitrogen and oxygen atoms in total. The van der Waals surface area contributed by atoms with E-state index in [0.717, 1.165) is 0 Å². The summed E-state index contributed by atoms with van der Waals surface area (Å²) in [6, 6.07) is 1.68. The predicted molar refractivity (Wildman–Crippen MR) is 61.0 cm³/mol. The molecule has 0 saturated heterocycles. The van der Waals surface area contributed by atoms with Gasteiger partial charge in [-0.05, 0) is 22.0 Å². The summed E-state index contributed by atoms with van der Waals surface area (Å²) in [5, 5.41) is 2.24. The Morgan fingerprint density at radius 3 is 3.00 bits per heavy atom. The molecule has 2 aromatic heterocycles. The number of Topliss-reactive ketones (excluding diaryl/α,β-unsaturated/α-hetero) is 1. The minimum atomic E-state index is -0.114. The van der Waals surface area contributed by atoms with Gasteiger partial charge in [0, 0.05) is 5.38 Å². The highest BCUT2D eigenvalue weighted by Crippen LogP contribution is 2.20. The van der Waals surface area contributed by atoms with Crippen molar-refractivity contribution in [2.75, 3.05) is 5.73 Å². The Balaban J connectivity index is 2.14. The molecule has 2 rings (SSSR count). The van der Waals surface area contributed by atoms with E-state index in [9.17, 15) is 4.79 Å². The van der Waals surface area contributed by atoms with Crippen LogP contribution in [-0.4, -0.2) is 10.8 Å². The Labute approximate surface area is 98.2 Å². The molecule has 0 spiro atoms. The first-order chi connectivity index (χ1) is 7.16. The number of hydrogen-bond acceptors (Lipinski definition) is 5. The molecular weight excluding hydrogens is 280 g/mol. The van der Waals surface area contributed by atoms with Gasteiger partial charge in [0.15, 0.2) is 10.9 Å². The summed E-state index contributed by atoms with van der Waals surface area (Å²) in [5.41, 5.74) is 6.14. The van der Waals surface area contributed by atoms with Gasteiger partial charge in [-0.15, -0.1) is 11.3 Å². The van der Waals surface area contributed by atoms with E-state index in [0.29, 0.717) is 21.1 Å². The average molecular weight is 287 g/mol. The number of carbonyl (C=O) groups excluding carboxylic acids is 1. The third-order valence-corrected chi connectivity index (χ3v) is 3.13. The maximum Gasteiger partial charge on any atom is 0.205 e. The van der Waals surface area contributed by atoms with E-state index < -0.39 is 0 Å². The Bertz CT molecular complexity index is 492. The lowest BCUT2D eigenvalue weighted by Crippen LogP contribution is -2.03. The van der Waals surface area contributed by atoms with Crippen LogP contribution in [-0.2, 0) is 6.42 Å². The van der Waals surface area contributed by atoms with Crippen molar-refractivity contribution in [1.82, 2.24) is 4.98 Å². The maximum absolute atomic E-state index is 11.7. The third-order valence-electron chi connectivity index (χ3n) is 1.78. The summed E-state index contributed by atoms with van der Waals surface area (Å²) in [7, 11) is 0. The van der Waals surface area contributed by atoms with E-state index in [2.05, 4.69) is 20.9 Å². The first kappa shape index (κ1) is 10.4. The van der Waals surface area contributed by atoms with Crippen LogP contribution in [0.5, 0.6) is 0 Å². The monoisotopic (exact) mass is 286 g/mol. The normalized spacial score (nSPS) is 10.5. The van der Waals surface area contributed by atoms with Gasteiger partial charge in [0.1, 0.15) is 0 Å². The van der Waals surface area contributed by atoms with Crippen molar-refractivity contribution in [3.05, 3.63) is 33.6 Å². The maximum atomic E-state index is 11.7. The molecule has 0 aliphatic heterocycles. The second-order valence-electron chi connectivity index (χ2n) is 2.87. The number of hydrogen-bond donors (Lipinski definition) is 1. The number of rotatable bonds is 3. The second-order valence-corrected chi connectivity index (χ2v) is 4.62. The lowest BCUT2D eigenvalue weighted by Gasteiger charge is -1.94. The molecule has 15 heavy (non-hydrogen) atoms. The molecule has 0 radical (unpaired) electrons. The zero-order chi connectivity index (χ0) is 10.8. The SMILES string of the molecule is Nc1nc(CC(=O)c2occc2Br)cs1. The molecule has 0 saturated carbocycles. The Morgan fingerprint density at radius 1 is 1.67 bits per heavy atom. The fraction of sp³-hybridized carbons (Fsp3) is 0.111. The Morgan fingerprint density at radius 2 is 2.47 bits per heavy atom. The summed E-state index contributed by atoms with van der Waals surface area (Å²) in [4.78, 5) is 15.7. The summed E-state index contributed by atoms with van der Waals surface area (Å²) in [6.45, 7) is 0. The third kappa shape index (κ3) is 2.27. The summed E-state index contributed by atoms with van der Waals surface area (Å²) in [6.07, 6.45) is 1.67. The minimum Gasteiger partial charge on any atom is -0.460 e. The van der Waals surface area contributed by atoms with Gasteiger partial charge in [0.25, 0.3) is 0 Å². The molecule has 78 valence electrons. The highest BCUT2D eigenvalue weighted by molar-refractivity contribution is 9.10. The van der Waals surface area contributed by atoms with Crippen LogP contribution in [0.1, 0.15) is 16.2 Å². The quantitative estimate of drug-likeness (QED) is 0.881. The van der Waals surface area contributed by atoms with Crippen LogP contribution in [0.25, 0.3) is 0 Å². The zero-order valence-corrected chi connectivity index (χ0v) is 9.97. The standard InChI is InChI=1S/C9H7BrN2O2S/c10-6-1-2-14-8(6)7(13)3-5-4-15-9(11)12-5/h1-2,4H,3H2,(H2,11,12). The molecular formula is C9H7BrN2O2S. The van der Waals surface area contributed by atoms with Gasteiger partial charge in [0.05, 0.1) is 22.9 Å². The number of halogens is 1. The molecule has 0 aromatic carbocycles. The van der Waals surface area contributed by atoms with Crippen molar-refractivity contribution in [1.29, 1.82) is 0 Å². The molecule has 0 aliphatic carbocycles. The van der Waals surface area contributed by atoms with Crippen LogP contribution in [0.15, 0.2) is 26.6 Å². The van der Waals surface area contributed by atoms with Crippen LogP contribution in [0.2, 0.25) is 0 Å². The van der Waals surface area contributed by atoms with Crippen LogP contribution < -0.4 is 5.73 Å². The average Bonchev–Trinajstić information content (AvgIpc) is 2.75. The number of nitrogens with two attached hydrogens (primary N) is 1. The van der Waals surface area contributed by atoms with E-state index in [1.165, 1.54) is 17.6 Å². The van der Waals surface area contributed by atoms with Crippen LogP contribution in [0.4, 0.5) is 5.13 Å².